The first-order valence-electron chi connectivity index (χ1n) is 8.53. The molecule has 144 valence electrons. The van der Waals surface area contributed by atoms with Crippen molar-refractivity contribution in [3.63, 3.8) is 0 Å². The van der Waals surface area contributed by atoms with Crippen LogP contribution in [-0.4, -0.2) is 50.2 Å². The van der Waals surface area contributed by atoms with Crippen LogP contribution in [0, 0.1) is 11.7 Å². The van der Waals surface area contributed by atoms with Gasteiger partial charge in [0.1, 0.15) is 5.82 Å². The first-order chi connectivity index (χ1) is 12.2. The fourth-order valence-corrected chi connectivity index (χ4v) is 4.34. The van der Waals surface area contributed by atoms with E-state index in [0.717, 1.165) is 12.1 Å². The highest BCUT2D eigenvalue weighted by atomic mass is 32.2. The van der Waals surface area contributed by atoms with Gasteiger partial charge >= 0.3 is 0 Å². The molecule has 0 unspecified atom stereocenters. The number of benzene rings is 1. The van der Waals surface area contributed by atoms with E-state index < -0.39 is 21.8 Å². The number of nitrogens with zero attached hydrogens (tertiary/aromatic N) is 1. The van der Waals surface area contributed by atoms with E-state index in [1.54, 1.807) is 0 Å². The number of hydrogen-bond donors (Lipinski definition) is 2. The molecule has 2 rings (SSSR count). The van der Waals surface area contributed by atoms with Crippen molar-refractivity contribution >= 4 is 21.8 Å². The molecule has 1 heterocycles. The van der Waals surface area contributed by atoms with Crippen LogP contribution in [0.2, 0.25) is 0 Å². The second-order valence-corrected chi connectivity index (χ2v) is 8.53. The maximum atomic E-state index is 13.0. The van der Waals surface area contributed by atoms with Crippen molar-refractivity contribution in [1.82, 2.24) is 14.9 Å². The molecule has 0 bridgehead atoms. The van der Waals surface area contributed by atoms with Gasteiger partial charge in [-0.25, -0.2) is 12.8 Å². The Morgan fingerprint density at radius 1 is 1.27 bits per heavy atom. The first kappa shape index (κ1) is 20.3. The molecular formula is C17H24FN3O4S. The summed E-state index contributed by atoms with van der Waals surface area (Å²) in [5, 5.41) is 5.22. The van der Waals surface area contributed by atoms with Gasteiger partial charge in [0, 0.05) is 19.1 Å². The Morgan fingerprint density at radius 2 is 1.92 bits per heavy atom. The van der Waals surface area contributed by atoms with Crippen molar-refractivity contribution < 1.29 is 22.4 Å². The van der Waals surface area contributed by atoms with Crippen LogP contribution in [0.4, 0.5) is 4.39 Å². The number of rotatable bonds is 6. The van der Waals surface area contributed by atoms with E-state index in [-0.39, 0.29) is 35.8 Å². The molecule has 26 heavy (non-hydrogen) atoms. The topological polar surface area (TPSA) is 95.6 Å². The molecule has 1 aromatic rings. The number of sulfonamides is 1. The van der Waals surface area contributed by atoms with Crippen molar-refractivity contribution in [3.8, 4) is 0 Å². The molecule has 0 radical (unpaired) electrons. The van der Waals surface area contributed by atoms with Crippen LogP contribution in [0.15, 0.2) is 29.2 Å². The quantitative estimate of drug-likeness (QED) is 0.759. The number of piperidine rings is 1. The Kier molecular flexibility index (Phi) is 6.71. The minimum Gasteiger partial charge on any atom is -0.352 e. The summed E-state index contributed by atoms with van der Waals surface area (Å²) >= 11 is 0. The molecule has 2 N–H and O–H groups in total. The number of carbonyl (C=O) groups is 2. The predicted octanol–water partition coefficient (Wildman–Crippen LogP) is 0.867. The van der Waals surface area contributed by atoms with E-state index in [1.165, 1.54) is 16.4 Å². The lowest BCUT2D eigenvalue weighted by molar-refractivity contribution is -0.129. The zero-order chi connectivity index (χ0) is 19.3. The van der Waals surface area contributed by atoms with Crippen LogP contribution >= 0.6 is 0 Å². The molecular weight excluding hydrogens is 361 g/mol. The largest absolute Gasteiger partial charge is 0.352 e. The Balaban J connectivity index is 1.98. The first-order valence-corrected chi connectivity index (χ1v) is 9.97. The van der Waals surface area contributed by atoms with E-state index in [9.17, 15) is 22.4 Å². The molecule has 7 nitrogen and oxygen atoms in total. The maximum absolute atomic E-state index is 13.0. The van der Waals surface area contributed by atoms with Crippen LogP contribution in [0.1, 0.15) is 26.7 Å². The molecule has 0 spiro atoms. The highest BCUT2D eigenvalue weighted by Gasteiger charge is 2.33. The highest BCUT2D eigenvalue weighted by molar-refractivity contribution is 7.89. The van der Waals surface area contributed by atoms with Gasteiger partial charge in [-0.1, -0.05) is 0 Å². The fraction of sp³-hybridized carbons (Fsp3) is 0.529. The number of carbonyl (C=O) groups excluding carboxylic acids is 2. The van der Waals surface area contributed by atoms with Crippen LogP contribution < -0.4 is 10.6 Å². The van der Waals surface area contributed by atoms with Gasteiger partial charge in [-0.2, -0.15) is 4.31 Å². The van der Waals surface area contributed by atoms with E-state index in [0.29, 0.717) is 19.4 Å². The van der Waals surface area contributed by atoms with Crippen molar-refractivity contribution in [2.45, 2.75) is 37.6 Å². The van der Waals surface area contributed by atoms with Crippen LogP contribution in [0.25, 0.3) is 0 Å². The van der Waals surface area contributed by atoms with Gasteiger partial charge < -0.3 is 10.6 Å². The summed E-state index contributed by atoms with van der Waals surface area (Å²) in [7, 11) is -3.79. The summed E-state index contributed by atoms with van der Waals surface area (Å²) in [6.45, 7) is 3.84. The zero-order valence-electron chi connectivity index (χ0n) is 14.9. The van der Waals surface area contributed by atoms with Gasteiger partial charge in [0.25, 0.3) is 0 Å². The predicted molar refractivity (Wildman–Crippen MR) is 94.2 cm³/mol. The standard InChI is InChI=1S/C17H24FN3O4S/c1-12(2)20-16(22)10-19-17(23)13-4-3-9-21(11-13)26(24,25)15-7-5-14(18)6-8-15/h5-8,12-13H,3-4,9-11H2,1-2H3,(H,19,23)(H,20,22)/t13-/m0/s1. The molecule has 1 aliphatic rings. The Labute approximate surface area is 153 Å². The van der Waals surface area contributed by atoms with Crippen LogP contribution in [0.5, 0.6) is 0 Å². The molecule has 1 aromatic carbocycles. The van der Waals surface area contributed by atoms with Crippen LogP contribution in [-0.2, 0) is 19.6 Å². The van der Waals surface area contributed by atoms with Crippen LogP contribution in [0.3, 0.4) is 0 Å². The van der Waals surface area contributed by atoms with Gasteiger partial charge in [-0.3, -0.25) is 9.59 Å². The van der Waals surface area contributed by atoms with E-state index >= 15 is 0 Å². The smallest absolute Gasteiger partial charge is 0.243 e. The van der Waals surface area contributed by atoms with Crippen molar-refractivity contribution in [2.75, 3.05) is 19.6 Å². The molecule has 1 atom stereocenters. The Bertz CT molecular complexity index is 750. The SMILES string of the molecule is CC(C)NC(=O)CNC(=O)[C@H]1CCCN(S(=O)(=O)c2ccc(F)cc2)C1. The number of hydrogen-bond acceptors (Lipinski definition) is 4. The second-order valence-electron chi connectivity index (χ2n) is 6.60. The lowest BCUT2D eigenvalue weighted by atomic mass is 9.99. The molecule has 9 heteroatoms. The van der Waals surface area contributed by atoms with E-state index in [2.05, 4.69) is 10.6 Å². The fourth-order valence-electron chi connectivity index (χ4n) is 2.82. The third-order valence-corrected chi connectivity index (χ3v) is 5.96. The molecule has 0 aromatic heterocycles. The maximum Gasteiger partial charge on any atom is 0.243 e. The van der Waals surface area contributed by atoms with E-state index in [1.807, 2.05) is 13.8 Å². The van der Waals surface area contributed by atoms with E-state index in [4.69, 9.17) is 0 Å². The third-order valence-electron chi connectivity index (χ3n) is 4.08. The average Bonchev–Trinajstić information content (AvgIpc) is 2.59. The minimum atomic E-state index is -3.79. The molecule has 1 saturated heterocycles. The van der Waals surface area contributed by atoms with Crippen molar-refractivity contribution in [1.29, 1.82) is 0 Å². The van der Waals surface area contributed by atoms with Gasteiger partial charge in [0.05, 0.1) is 17.4 Å². The molecule has 2 amide bonds. The number of amides is 2. The lowest BCUT2D eigenvalue weighted by Gasteiger charge is -2.31. The summed E-state index contributed by atoms with van der Waals surface area (Å²) < 4.78 is 39.6. The Hall–Kier alpha value is -2.00. The van der Waals surface area contributed by atoms with Gasteiger partial charge in [0.15, 0.2) is 0 Å². The summed E-state index contributed by atoms with van der Waals surface area (Å²) in [6.07, 6.45) is 1.09. The summed E-state index contributed by atoms with van der Waals surface area (Å²) in [4.78, 5) is 23.9. The molecule has 1 aliphatic heterocycles. The molecule has 0 saturated carbocycles. The molecule has 0 aliphatic carbocycles. The number of halogens is 1. The van der Waals surface area contributed by atoms with Gasteiger partial charge in [0.2, 0.25) is 21.8 Å². The highest BCUT2D eigenvalue weighted by Crippen LogP contribution is 2.24. The third kappa shape index (κ3) is 5.25. The number of nitrogens with one attached hydrogen (secondary N) is 2. The zero-order valence-corrected chi connectivity index (χ0v) is 15.7. The normalized spacial score (nSPS) is 18.5. The molecule has 1 fully saturated rings. The van der Waals surface area contributed by atoms with Crippen molar-refractivity contribution in [3.05, 3.63) is 30.1 Å². The lowest BCUT2D eigenvalue weighted by Crippen LogP contribution is -2.47. The summed E-state index contributed by atoms with van der Waals surface area (Å²) in [5.41, 5.74) is 0. The Morgan fingerprint density at radius 3 is 2.54 bits per heavy atom. The minimum absolute atomic E-state index is 0.00345. The van der Waals surface area contributed by atoms with Gasteiger partial charge in [-0.05, 0) is 51.0 Å². The second kappa shape index (κ2) is 8.59. The monoisotopic (exact) mass is 385 g/mol. The summed E-state index contributed by atoms with van der Waals surface area (Å²) in [6, 6.07) is 4.59. The average molecular weight is 385 g/mol. The van der Waals surface area contributed by atoms with Gasteiger partial charge in [-0.15, -0.1) is 0 Å². The summed E-state index contributed by atoms with van der Waals surface area (Å²) in [5.74, 6) is -1.67. The van der Waals surface area contributed by atoms with Crippen molar-refractivity contribution in [2.24, 2.45) is 5.92 Å².